The van der Waals surface area contributed by atoms with E-state index in [-0.39, 0.29) is 21.5 Å². The van der Waals surface area contributed by atoms with Crippen molar-refractivity contribution >= 4 is 39.2 Å². The summed E-state index contributed by atoms with van der Waals surface area (Å²) in [6.07, 6.45) is 1.49. The normalized spacial score (nSPS) is 12.7. The molecule has 28 heavy (non-hydrogen) atoms. The van der Waals surface area contributed by atoms with Crippen LogP contribution in [0.5, 0.6) is 0 Å². The van der Waals surface area contributed by atoms with Crippen LogP contribution < -0.4 is 4.72 Å². The largest absolute Gasteiger partial charge is 0.461 e. The second-order valence-electron chi connectivity index (χ2n) is 5.69. The first-order valence-corrected chi connectivity index (χ1v) is 10.1. The van der Waals surface area contributed by atoms with E-state index in [0.717, 1.165) is 0 Å². The number of hydrogen-bond acceptors (Lipinski definition) is 7. The van der Waals surface area contributed by atoms with Gasteiger partial charge in [-0.2, -0.15) is 4.72 Å². The van der Waals surface area contributed by atoms with Gasteiger partial charge in [0.25, 0.3) is 0 Å². The van der Waals surface area contributed by atoms with Crippen molar-refractivity contribution in [1.29, 1.82) is 0 Å². The van der Waals surface area contributed by atoms with Crippen LogP contribution in [0.1, 0.15) is 12.6 Å². The Bertz CT molecular complexity index is 1080. The number of benzene rings is 1. The van der Waals surface area contributed by atoms with Crippen LogP contribution >= 0.6 is 23.2 Å². The summed E-state index contributed by atoms with van der Waals surface area (Å²) >= 11 is 11.6. The Morgan fingerprint density at radius 2 is 2.00 bits per heavy atom. The zero-order valence-corrected chi connectivity index (χ0v) is 16.7. The van der Waals surface area contributed by atoms with Gasteiger partial charge in [0.15, 0.2) is 5.76 Å². The third kappa shape index (κ3) is 4.74. The van der Waals surface area contributed by atoms with Crippen molar-refractivity contribution in [3.05, 3.63) is 58.4 Å². The first-order valence-electron chi connectivity index (χ1n) is 7.90. The Morgan fingerprint density at radius 1 is 1.21 bits per heavy atom. The molecule has 148 valence electrons. The van der Waals surface area contributed by atoms with E-state index in [9.17, 15) is 13.2 Å². The molecule has 0 aliphatic heterocycles. The second-order valence-corrected chi connectivity index (χ2v) is 8.21. The van der Waals surface area contributed by atoms with E-state index < -0.39 is 22.0 Å². The third-order valence-corrected chi connectivity index (χ3v) is 5.85. The number of carbonyl (C=O) groups is 1. The standard InChI is InChI=1S/C17H14Cl2N2O6S/c1-10(21-28(23,24)12-4-5-13(18)14(19)8-12)17(22)26-9-11-7-16(27-20-11)15-3-2-6-25-15/h2-8,10,21H,9H2,1H3/t10-/m0/s1. The van der Waals surface area contributed by atoms with Gasteiger partial charge in [-0.05, 0) is 37.3 Å². The van der Waals surface area contributed by atoms with Crippen LogP contribution in [-0.4, -0.2) is 25.6 Å². The van der Waals surface area contributed by atoms with Crippen molar-refractivity contribution in [2.24, 2.45) is 0 Å². The van der Waals surface area contributed by atoms with Gasteiger partial charge in [0, 0.05) is 6.07 Å². The molecule has 0 aliphatic carbocycles. The fourth-order valence-corrected chi connectivity index (χ4v) is 3.76. The van der Waals surface area contributed by atoms with Gasteiger partial charge in [-0.1, -0.05) is 28.4 Å². The molecule has 1 aromatic carbocycles. The van der Waals surface area contributed by atoms with Gasteiger partial charge < -0.3 is 13.7 Å². The van der Waals surface area contributed by atoms with Crippen LogP contribution in [0.3, 0.4) is 0 Å². The van der Waals surface area contributed by atoms with Gasteiger partial charge in [-0.15, -0.1) is 0 Å². The highest BCUT2D eigenvalue weighted by molar-refractivity contribution is 7.89. The smallest absolute Gasteiger partial charge is 0.324 e. The van der Waals surface area contributed by atoms with Crippen molar-refractivity contribution in [1.82, 2.24) is 9.88 Å². The monoisotopic (exact) mass is 444 g/mol. The van der Waals surface area contributed by atoms with E-state index in [0.29, 0.717) is 17.2 Å². The lowest BCUT2D eigenvalue weighted by Crippen LogP contribution is -2.39. The fraction of sp³-hybridized carbons (Fsp3) is 0.176. The lowest BCUT2D eigenvalue weighted by Gasteiger charge is -2.13. The molecule has 1 atom stereocenters. The number of ether oxygens (including phenoxy) is 1. The number of rotatable bonds is 7. The summed E-state index contributed by atoms with van der Waals surface area (Å²) in [4.78, 5) is 12.0. The average Bonchev–Trinajstić information content (AvgIpc) is 3.32. The summed E-state index contributed by atoms with van der Waals surface area (Å²) in [7, 11) is -3.99. The molecule has 0 aliphatic rings. The predicted octanol–water partition coefficient (Wildman–Crippen LogP) is 3.65. The van der Waals surface area contributed by atoms with Crippen LogP contribution in [0.25, 0.3) is 11.5 Å². The van der Waals surface area contributed by atoms with Crippen LogP contribution in [0.15, 0.2) is 56.5 Å². The van der Waals surface area contributed by atoms with Crippen molar-refractivity contribution < 1.29 is 26.9 Å². The molecule has 2 aromatic heterocycles. The number of esters is 1. The molecule has 0 bridgehead atoms. The Hall–Kier alpha value is -2.33. The molecule has 11 heteroatoms. The van der Waals surface area contributed by atoms with Crippen LogP contribution in [0.2, 0.25) is 10.0 Å². The van der Waals surface area contributed by atoms with Crippen molar-refractivity contribution in [2.75, 3.05) is 0 Å². The van der Waals surface area contributed by atoms with Gasteiger partial charge in [0.1, 0.15) is 18.3 Å². The van der Waals surface area contributed by atoms with E-state index in [1.54, 1.807) is 18.2 Å². The van der Waals surface area contributed by atoms with Gasteiger partial charge in [-0.25, -0.2) is 8.42 Å². The molecule has 0 saturated heterocycles. The maximum absolute atomic E-state index is 12.4. The summed E-state index contributed by atoms with van der Waals surface area (Å²) in [5.74, 6) is 0.0726. The predicted molar refractivity (Wildman–Crippen MR) is 100 cm³/mol. The van der Waals surface area contributed by atoms with E-state index in [1.807, 2.05) is 0 Å². The minimum absolute atomic E-state index is 0.0816. The number of aromatic nitrogens is 1. The molecule has 0 amide bonds. The topological polar surface area (TPSA) is 112 Å². The summed E-state index contributed by atoms with van der Waals surface area (Å²) in [6.45, 7) is 1.16. The van der Waals surface area contributed by atoms with E-state index >= 15 is 0 Å². The molecule has 0 unspecified atom stereocenters. The molecule has 8 nitrogen and oxygen atoms in total. The Balaban J connectivity index is 1.59. The summed E-state index contributed by atoms with van der Waals surface area (Å²) in [5, 5.41) is 4.06. The number of nitrogens with one attached hydrogen (secondary N) is 1. The Labute approximate surface area is 170 Å². The first-order chi connectivity index (χ1) is 13.3. The van der Waals surface area contributed by atoms with Crippen LogP contribution in [0, 0.1) is 0 Å². The molecule has 0 fully saturated rings. The minimum atomic E-state index is -3.99. The highest BCUT2D eigenvalue weighted by atomic mass is 35.5. The van der Waals surface area contributed by atoms with E-state index in [2.05, 4.69) is 9.88 Å². The lowest BCUT2D eigenvalue weighted by molar-refractivity contribution is -0.146. The number of hydrogen-bond donors (Lipinski definition) is 1. The molecule has 0 spiro atoms. The maximum atomic E-state index is 12.4. The molecule has 1 N–H and O–H groups in total. The molecular formula is C17H14Cl2N2O6S. The van der Waals surface area contributed by atoms with Crippen molar-refractivity contribution in [2.45, 2.75) is 24.5 Å². The number of sulfonamides is 1. The molecule has 0 saturated carbocycles. The van der Waals surface area contributed by atoms with Gasteiger partial charge in [0.05, 0.1) is 21.2 Å². The van der Waals surface area contributed by atoms with Crippen LogP contribution in [0.4, 0.5) is 0 Å². The molecule has 3 aromatic rings. The van der Waals surface area contributed by atoms with Gasteiger partial charge in [0.2, 0.25) is 15.8 Å². The number of nitrogens with zero attached hydrogens (tertiary/aromatic N) is 1. The van der Waals surface area contributed by atoms with E-state index in [4.69, 9.17) is 36.9 Å². The number of halogens is 2. The summed E-state index contributed by atoms with van der Waals surface area (Å²) in [6, 6.07) is 7.61. The SMILES string of the molecule is C[C@H](NS(=O)(=O)c1ccc(Cl)c(Cl)c1)C(=O)OCc1cc(-c2ccco2)on1. The quantitative estimate of drug-likeness (QED) is 0.553. The Morgan fingerprint density at radius 3 is 2.68 bits per heavy atom. The zero-order valence-electron chi connectivity index (χ0n) is 14.4. The first kappa shape index (κ1) is 20.4. The fourth-order valence-electron chi connectivity index (χ4n) is 2.18. The molecular weight excluding hydrogens is 431 g/mol. The summed E-state index contributed by atoms with van der Waals surface area (Å²) in [5.41, 5.74) is 0.347. The summed E-state index contributed by atoms with van der Waals surface area (Å²) < 4.78 is 42.3. The van der Waals surface area contributed by atoms with Crippen LogP contribution in [-0.2, 0) is 26.2 Å². The number of carbonyl (C=O) groups excluding carboxylic acids is 1. The maximum Gasteiger partial charge on any atom is 0.324 e. The number of furan rings is 1. The van der Waals surface area contributed by atoms with Crippen molar-refractivity contribution in [3.8, 4) is 11.5 Å². The minimum Gasteiger partial charge on any atom is -0.461 e. The van der Waals surface area contributed by atoms with E-state index in [1.165, 1.54) is 31.4 Å². The highest BCUT2D eigenvalue weighted by Crippen LogP contribution is 2.25. The second kappa shape index (κ2) is 8.36. The highest BCUT2D eigenvalue weighted by Gasteiger charge is 2.24. The third-order valence-electron chi connectivity index (χ3n) is 3.57. The molecule has 2 heterocycles. The average molecular weight is 445 g/mol. The lowest BCUT2D eigenvalue weighted by atomic mass is 10.3. The van der Waals surface area contributed by atoms with Gasteiger partial charge in [-0.3, -0.25) is 4.79 Å². The zero-order chi connectivity index (χ0) is 20.3. The molecule has 3 rings (SSSR count). The Kier molecular flexibility index (Phi) is 6.09. The molecule has 0 radical (unpaired) electrons. The van der Waals surface area contributed by atoms with Gasteiger partial charge >= 0.3 is 5.97 Å². The van der Waals surface area contributed by atoms with Crippen molar-refractivity contribution in [3.63, 3.8) is 0 Å².